The molecule has 4 aromatic rings. The zero-order valence-corrected chi connectivity index (χ0v) is 21.6. The van der Waals surface area contributed by atoms with Gasteiger partial charge in [0, 0.05) is 51.2 Å². The lowest BCUT2D eigenvalue weighted by Gasteiger charge is -2.45. The van der Waals surface area contributed by atoms with E-state index in [1.807, 2.05) is 6.07 Å². The molecule has 0 N–H and O–H groups in total. The molecule has 0 amide bonds. The first-order valence-corrected chi connectivity index (χ1v) is 12.6. The summed E-state index contributed by atoms with van der Waals surface area (Å²) in [5, 5.41) is 13.8. The monoisotopic (exact) mass is 534 g/mol. The normalized spacial score (nSPS) is 17.7. The number of aryl methyl sites for hydroxylation is 1. The van der Waals surface area contributed by atoms with Gasteiger partial charge in [-0.2, -0.15) is 10.4 Å². The molecule has 1 unspecified atom stereocenters. The van der Waals surface area contributed by atoms with Crippen LogP contribution in [-0.2, 0) is 13.6 Å². The number of hydrogen-bond acceptors (Lipinski definition) is 7. The zero-order valence-electron chi connectivity index (χ0n) is 20.0. The second kappa shape index (κ2) is 9.40. The Hall–Kier alpha value is -3.29. The lowest BCUT2D eigenvalue weighted by atomic mass is 10.0. The molecule has 0 aliphatic carbocycles. The lowest BCUT2D eigenvalue weighted by molar-refractivity contribution is 0.124. The maximum absolute atomic E-state index is 13.0. The lowest BCUT2D eigenvalue weighted by Crippen LogP contribution is -2.54. The van der Waals surface area contributed by atoms with E-state index in [4.69, 9.17) is 5.26 Å². The Morgan fingerprint density at radius 3 is 2.74 bits per heavy atom. The summed E-state index contributed by atoms with van der Waals surface area (Å²) < 4.78 is 3.69. The van der Waals surface area contributed by atoms with Crippen molar-refractivity contribution < 1.29 is 0 Å². The first-order chi connectivity index (χ1) is 16.9. The second-order valence-corrected chi connectivity index (χ2v) is 9.76. The van der Waals surface area contributed by atoms with Crippen LogP contribution in [0.1, 0.15) is 31.9 Å². The third-order valence-corrected chi connectivity index (χ3v) is 7.76. The molecule has 0 radical (unpaired) electrons. The smallest absolute Gasteiger partial charge is 0.267 e. The van der Waals surface area contributed by atoms with E-state index >= 15 is 0 Å². The molecule has 10 heteroatoms. The number of fused-ring (bicyclic) bond motifs is 2. The number of piperazine rings is 1. The molecule has 180 valence electrons. The zero-order chi connectivity index (χ0) is 24.7. The first kappa shape index (κ1) is 23.5. The van der Waals surface area contributed by atoms with Gasteiger partial charge in [0.1, 0.15) is 16.5 Å². The fraction of sp³-hybridized carbons (Fsp3) is 0.400. The van der Waals surface area contributed by atoms with Crippen molar-refractivity contribution in [1.29, 1.82) is 5.26 Å². The number of rotatable bonds is 5. The third kappa shape index (κ3) is 4.09. The number of nitrogens with zero attached hydrogens (tertiary/aromatic N) is 8. The van der Waals surface area contributed by atoms with Gasteiger partial charge in [-0.3, -0.25) is 24.3 Å². The van der Waals surface area contributed by atoms with E-state index in [0.717, 1.165) is 53.8 Å². The summed E-state index contributed by atoms with van der Waals surface area (Å²) in [6.07, 6.45) is 6.19. The van der Waals surface area contributed by atoms with Crippen LogP contribution in [0, 0.1) is 11.3 Å². The van der Waals surface area contributed by atoms with Crippen LogP contribution < -0.4 is 10.5 Å². The fourth-order valence-electron chi connectivity index (χ4n) is 5.11. The predicted molar refractivity (Wildman–Crippen MR) is 139 cm³/mol. The summed E-state index contributed by atoms with van der Waals surface area (Å²) in [6.45, 7) is 6.97. The molecule has 2 atom stereocenters. The van der Waals surface area contributed by atoms with Crippen LogP contribution in [0.4, 0.5) is 5.69 Å². The molecule has 1 aliphatic heterocycles. The van der Waals surface area contributed by atoms with Gasteiger partial charge < -0.3 is 9.47 Å². The molecule has 0 saturated carbocycles. The molecule has 1 aliphatic rings. The number of pyridine rings is 1. The van der Waals surface area contributed by atoms with Crippen molar-refractivity contribution >= 4 is 43.7 Å². The van der Waals surface area contributed by atoms with Gasteiger partial charge in [-0.15, -0.1) is 0 Å². The number of benzene rings is 1. The van der Waals surface area contributed by atoms with Crippen LogP contribution >= 0.6 is 15.9 Å². The summed E-state index contributed by atoms with van der Waals surface area (Å²) >= 11 is 3.57. The average Bonchev–Trinajstić information content (AvgIpc) is 3.30. The molecule has 5 rings (SSSR count). The Morgan fingerprint density at radius 1 is 1.23 bits per heavy atom. The molecular formula is C25H27BrN8O. The highest BCUT2D eigenvalue weighted by atomic mass is 79.9. The molecule has 1 aromatic carbocycles. The second-order valence-electron chi connectivity index (χ2n) is 8.97. The minimum absolute atomic E-state index is 0.106. The van der Waals surface area contributed by atoms with E-state index in [-0.39, 0.29) is 18.1 Å². The molecule has 4 heterocycles. The van der Waals surface area contributed by atoms with E-state index < -0.39 is 0 Å². The van der Waals surface area contributed by atoms with Crippen LogP contribution in [0.3, 0.4) is 0 Å². The van der Waals surface area contributed by atoms with Crippen molar-refractivity contribution in [3.05, 3.63) is 57.2 Å². The van der Waals surface area contributed by atoms with Gasteiger partial charge in [0.05, 0.1) is 34.5 Å². The average molecular weight is 535 g/mol. The third-order valence-electron chi connectivity index (χ3n) is 7.05. The van der Waals surface area contributed by atoms with Gasteiger partial charge in [-0.1, -0.05) is 13.0 Å². The number of hydrogen-bond donors (Lipinski definition) is 0. The molecular weight excluding hydrogens is 508 g/mol. The molecule has 3 aromatic heterocycles. The van der Waals surface area contributed by atoms with Crippen LogP contribution in [0.2, 0.25) is 0 Å². The van der Waals surface area contributed by atoms with Crippen LogP contribution in [0.15, 0.2) is 46.1 Å². The molecule has 9 nitrogen and oxygen atoms in total. The topological polar surface area (TPSA) is 95.9 Å². The highest BCUT2D eigenvalue weighted by molar-refractivity contribution is 9.10. The van der Waals surface area contributed by atoms with Crippen molar-refractivity contribution in [1.82, 2.24) is 29.2 Å². The van der Waals surface area contributed by atoms with Gasteiger partial charge in [-0.25, -0.2) is 0 Å². The van der Waals surface area contributed by atoms with E-state index in [2.05, 4.69) is 72.8 Å². The van der Waals surface area contributed by atoms with Crippen LogP contribution in [-0.4, -0.2) is 54.9 Å². The van der Waals surface area contributed by atoms with Gasteiger partial charge in [0.2, 0.25) is 0 Å². The number of anilines is 1. The Balaban J connectivity index is 1.47. The van der Waals surface area contributed by atoms with Gasteiger partial charge >= 0.3 is 0 Å². The molecule has 35 heavy (non-hydrogen) atoms. The molecule has 1 saturated heterocycles. The summed E-state index contributed by atoms with van der Waals surface area (Å²) in [4.78, 5) is 26.7. The Kier molecular flexibility index (Phi) is 6.30. The molecule has 1 fully saturated rings. The highest BCUT2D eigenvalue weighted by Crippen LogP contribution is 2.35. The van der Waals surface area contributed by atoms with Gasteiger partial charge in [0.25, 0.3) is 5.56 Å². The van der Waals surface area contributed by atoms with Gasteiger partial charge in [0.15, 0.2) is 0 Å². The van der Waals surface area contributed by atoms with Crippen molar-refractivity contribution in [2.45, 2.75) is 38.9 Å². The number of halogens is 1. The van der Waals surface area contributed by atoms with Crippen LogP contribution in [0.25, 0.3) is 22.1 Å². The first-order valence-electron chi connectivity index (χ1n) is 11.8. The molecule has 0 bridgehead atoms. The SMILES string of the molecule is CC[C@@H]1CN(c2c(Br)c(=O)n(C)c3cn(CC#N)nc23)CCN1C(C)c1ccc2nccnc2c1. The van der Waals surface area contributed by atoms with E-state index in [9.17, 15) is 4.79 Å². The minimum atomic E-state index is -0.106. The maximum Gasteiger partial charge on any atom is 0.267 e. The summed E-state index contributed by atoms with van der Waals surface area (Å²) in [5.41, 5.74) is 5.19. The number of nitriles is 1. The van der Waals surface area contributed by atoms with E-state index in [0.29, 0.717) is 10.5 Å². The Labute approximate surface area is 211 Å². The van der Waals surface area contributed by atoms with Crippen molar-refractivity contribution in [3.8, 4) is 6.07 Å². The Morgan fingerprint density at radius 2 is 2.00 bits per heavy atom. The van der Waals surface area contributed by atoms with Crippen molar-refractivity contribution in [2.75, 3.05) is 24.5 Å². The van der Waals surface area contributed by atoms with Crippen molar-refractivity contribution in [2.24, 2.45) is 7.05 Å². The molecule has 0 spiro atoms. The fourth-order valence-corrected chi connectivity index (χ4v) is 5.81. The largest absolute Gasteiger partial charge is 0.366 e. The minimum Gasteiger partial charge on any atom is -0.366 e. The van der Waals surface area contributed by atoms with Crippen LogP contribution in [0.5, 0.6) is 0 Å². The quantitative estimate of drug-likeness (QED) is 0.385. The van der Waals surface area contributed by atoms with Crippen molar-refractivity contribution in [3.63, 3.8) is 0 Å². The van der Waals surface area contributed by atoms with E-state index in [1.54, 1.807) is 34.9 Å². The summed E-state index contributed by atoms with van der Waals surface area (Å²) in [7, 11) is 1.74. The highest BCUT2D eigenvalue weighted by Gasteiger charge is 2.32. The summed E-state index contributed by atoms with van der Waals surface area (Å²) in [5.74, 6) is 0. The Bertz CT molecular complexity index is 1500. The predicted octanol–water partition coefficient (Wildman–Crippen LogP) is 3.63. The van der Waals surface area contributed by atoms with E-state index in [1.165, 1.54) is 5.56 Å². The summed E-state index contributed by atoms with van der Waals surface area (Å²) in [6, 6.07) is 8.95. The maximum atomic E-state index is 13.0. The number of aromatic nitrogens is 5. The van der Waals surface area contributed by atoms with Gasteiger partial charge in [-0.05, 0) is 47.0 Å². The standard InChI is InChI=1S/C25H27BrN8O/c1-4-18-14-32(24-22(26)25(35)31(3)21-15-33(10-7-27)30-23(21)24)11-12-34(18)16(2)17-5-6-19-20(13-17)29-9-8-28-19/h5-6,8-9,13,15-16,18H,4,10-12,14H2,1-3H3/t16?,18-/m1/s1.